The Balaban J connectivity index is 4.13. The monoisotopic (exact) mass is 183 g/mol. The molecule has 0 aliphatic rings. The van der Waals surface area contributed by atoms with Gasteiger partial charge in [0, 0.05) is 6.54 Å². The van der Waals surface area contributed by atoms with Gasteiger partial charge in [0.2, 0.25) is 0 Å². The lowest BCUT2D eigenvalue weighted by molar-refractivity contribution is 0.235. The third-order valence-electron chi connectivity index (χ3n) is 2.33. The third kappa shape index (κ3) is 4.25. The molecule has 0 saturated carbocycles. The van der Waals surface area contributed by atoms with E-state index in [9.17, 15) is 0 Å². The van der Waals surface area contributed by atoms with E-state index >= 15 is 0 Å². The molecular weight excluding hydrogens is 162 g/mol. The molecule has 76 valence electrons. The summed E-state index contributed by atoms with van der Waals surface area (Å²) in [7, 11) is 1.84. The Morgan fingerprint density at radius 3 is 2.38 bits per heavy atom. The van der Waals surface area contributed by atoms with Gasteiger partial charge in [-0.1, -0.05) is 13.8 Å². The van der Waals surface area contributed by atoms with E-state index in [1.807, 2.05) is 14.0 Å². The quantitative estimate of drug-likeness (QED) is 0.673. The first-order chi connectivity index (χ1) is 6.11. The zero-order valence-electron chi connectivity index (χ0n) is 9.22. The van der Waals surface area contributed by atoms with E-state index < -0.39 is 5.54 Å². The molecule has 0 fully saturated rings. The third-order valence-corrected chi connectivity index (χ3v) is 2.33. The topological polar surface area (TPSA) is 39.1 Å². The van der Waals surface area contributed by atoms with Gasteiger partial charge in [-0.25, -0.2) is 0 Å². The molecule has 1 atom stereocenters. The number of nitrogens with zero attached hydrogens (tertiary/aromatic N) is 2. The van der Waals surface area contributed by atoms with Crippen molar-refractivity contribution in [3.8, 4) is 6.07 Å². The maximum absolute atomic E-state index is 8.96. The number of rotatable bonds is 6. The Morgan fingerprint density at radius 2 is 2.08 bits per heavy atom. The van der Waals surface area contributed by atoms with Crippen LogP contribution in [-0.4, -0.2) is 37.1 Å². The van der Waals surface area contributed by atoms with Crippen LogP contribution in [0.5, 0.6) is 0 Å². The molecule has 0 aliphatic carbocycles. The van der Waals surface area contributed by atoms with E-state index in [1.165, 1.54) is 0 Å². The molecule has 0 aromatic rings. The number of hydrogen-bond acceptors (Lipinski definition) is 3. The van der Waals surface area contributed by atoms with Gasteiger partial charge in [-0.05, 0) is 33.5 Å². The highest BCUT2D eigenvalue weighted by Crippen LogP contribution is 2.04. The van der Waals surface area contributed by atoms with Crippen molar-refractivity contribution < 1.29 is 0 Å². The molecule has 0 amide bonds. The second-order valence-corrected chi connectivity index (χ2v) is 3.56. The summed E-state index contributed by atoms with van der Waals surface area (Å²) in [5.41, 5.74) is -0.412. The van der Waals surface area contributed by atoms with E-state index in [2.05, 4.69) is 30.1 Å². The van der Waals surface area contributed by atoms with Crippen molar-refractivity contribution >= 4 is 0 Å². The first-order valence-corrected chi connectivity index (χ1v) is 4.94. The summed E-state index contributed by atoms with van der Waals surface area (Å²) >= 11 is 0. The fourth-order valence-electron chi connectivity index (χ4n) is 1.28. The Labute approximate surface area is 81.7 Å². The van der Waals surface area contributed by atoms with Gasteiger partial charge in [0.1, 0.15) is 5.54 Å². The predicted octanol–water partition coefficient (Wildman–Crippen LogP) is 1.22. The minimum absolute atomic E-state index is 0.412. The average Bonchev–Trinajstić information content (AvgIpc) is 2.17. The zero-order valence-corrected chi connectivity index (χ0v) is 9.22. The molecule has 1 N–H and O–H groups in total. The highest BCUT2D eigenvalue weighted by Gasteiger charge is 2.23. The summed E-state index contributed by atoms with van der Waals surface area (Å²) in [6, 6.07) is 2.30. The summed E-state index contributed by atoms with van der Waals surface area (Å²) in [5.74, 6) is 0. The summed E-state index contributed by atoms with van der Waals surface area (Å²) in [4.78, 5) is 2.29. The van der Waals surface area contributed by atoms with Gasteiger partial charge in [-0.15, -0.1) is 0 Å². The van der Waals surface area contributed by atoms with Crippen molar-refractivity contribution in [3.05, 3.63) is 0 Å². The first kappa shape index (κ1) is 12.4. The second-order valence-electron chi connectivity index (χ2n) is 3.56. The van der Waals surface area contributed by atoms with Crippen molar-refractivity contribution in [1.29, 1.82) is 5.26 Å². The number of nitriles is 1. The van der Waals surface area contributed by atoms with E-state index in [1.54, 1.807) is 0 Å². The first-order valence-electron chi connectivity index (χ1n) is 4.94. The second kappa shape index (κ2) is 5.95. The molecule has 13 heavy (non-hydrogen) atoms. The van der Waals surface area contributed by atoms with E-state index in [0.29, 0.717) is 0 Å². The van der Waals surface area contributed by atoms with E-state index in [0.717, 1.165) is 26.1 Å². The molecule has 0 radical (unpaired) electrons. The Hall–Kier alpha value is -0.590. The number of nitrogens with one attached hydrogen (secondary N) is 1. The molecule has 0 heterocycles. The van der Waals surface area contributed by atoms with Crippen LogP contribution in [0.15, 0.2) is 0 Å². The SMILES string of the molecule is CCCN(CC)CC(C)(C#N)NC. The number of likely N-dealkylation sites (N-methyl/N-ethyl adjacent to an activating group) is 2. The van der Waals surface area contributed by atoms with Crippen molar-refractivity contribution in [1.82, 2.24) is 10.2 Å². The van der Waals surface area contributed by atoms with Gasteiger partial charge in [-0.2, -0.15) is 5.26 Å². The Bertz CT molecular complexity index is 173. The van der Waals surface area contributed by atoms with Crippen LogP contribution in [0.25, 0.3) is 0 Å². The summed E-state index contributed by atoms with van der Waals surface area (Å²) in [5, 5.41) is 12.0. The molecule has 0 bridgehead atoms. The summed E-state index contributed by atoms with van der Waals surface area (Å²) in [6.45, 7) is 9.09. The van der Waals surface area contributed by atoms with Crippen LogP contribution >= 0.6 is 0 Å². The van der Waals surface area contributed by atoms with Gasteiger partial charge >= 0.3 is 0 Å². The van der Waals surface area contributed by atoms with Gasteiger partial charge in [-0.3, -0.25) is 0 Å². The maximum atomic E-state index is 8.96. The van der Waals surface area contributed by atoms with Crippen molar-refractivity contribution in [2.45, 2.75) is 32.7 Å². The molecule has 0 aromatic heterocycles. The van der Waals surface area contributed by atoms with E-state index in [-0.39, 0.29) is 0 Å². The minimum atomic E-state index is -0.412. The number of hydrogen-bond donors (Lipinski definition) is 1. The Morgan fingerprint density at radius 1 is 1.46 bits per heavy atom. The highest BCUT2D eigenvalue weighted by atomic mass is 15.2. The molecule has 1 unspecified atom stereocenters. The van der Waals surface area contributed by atoms with Crippen LogP contribution in [0, 0.1) is 11.3 Å². The van der Waals surface area contributed by atoms with Crippen LogP contribution in [-0.2, 0) is 0 Å². The minimum Gasteiger partial charge on any atom is -0.302 e. The van der Waals surface area contributed by atoms with Crippen molar-refractivity contribution in [3.63, 3.8) is 0 Å². The van der Waals surface area contributed by atoms with Crippen LogP contribution in [0.1, 0.15) is 27.2 Å². The zero-order chi connectivity index (χ0) is 10.3. The lowest BCUT2D eigenvalue weighted by Gasteiger charge is -2.29. The molecule has 0 aliphatic heterocycles. The molecular formula is C10H21N3. The summed E-state index contributed by atoms with van der Waals surface area (Å²) < 4.78 is 0. The lowest BCUT2D eigenvalue weighted by Crippen LogP contribution is -2.48. The van der Waals surface area contributed by atoms with Crippen molar-refractivity contribution in [2.75, 3.05) is 26.7 Å². The van der Waals surface area contributed by atoms with Crippen LogP contribution in [0.2, 0.25) is 0 Å². The van der Waals surface area contributed by atoms with Gasteiger partial charge in [0.25, 0.3) is 0 Å². The average molecular weight is 183 g/mol. The smallest absolute Gasteiger partial charge is 0.116 e. The largest absolute Gasteiger partial charge is 0.302 e. The fourth-order valence-corrected chi connectivity index (χ4v) is 1.28. The van der Waals surface area contributed by atoms with Crippen molar-refractivity contribution in [2.24, 2.45) is 0 Å². The molecule has 0 aromatic carbocycles. The van der Waals surface area contributed by atoms with Gasteiger partial charge in [0.15, 0.2) is 0 Å². The molecule has 0 rings (SSSR count). The van der Waals surface area contributed by atoms with Crippen LogP contribution in [0.4, 0.5) is 0 Å². The highest BCUT2D eigenvalue weighted by molar-refractivity contribution is 5.04. The summed E-state index contributed by atoms with van der Waals surface area (Å²) in [6.07, 6.45) is 1.14. The maximum Gasteiger partial charge on any atom is 0.116 e. The molecule has 0 spiro atoms. The van der Waals surface area contributed by atoms with Crippen LogP contribution < -0.4 is 5.32 Å². The lowest BCUT2D eigenvalue weighted by atomic mass is 10.0. The van der Waals surface area contributed by atoms with E-state index in [4.69, 9.17) is 5.26 Å². The molecule has 0 saturated heterocycles. The van der Waals surface area contributed by atoms with Gasteiger partial charge < -0.3 is 10.2 Å². The van der Waals surface area contributed by atoms with Gasteiger partial charge in [0.05, 0.1) is 6.07 Å². The van der Waals surface area contributed by atoms with Crippen LogP contribution in [0.3, 0.4) is 0 Å². The molecule has 3 nitrogen and oxygen atoms in total. The normalized spacial score (nSPS) is 15.4. The Kier molecular flexibility index (Phi) is 5.68. The molecule has 3 heteroatoms. The predicted molar refractivity (Wildman–Crippen MR) is 55.5 cm³/mol. The fraction of sp³-hybridized carbons (Fsp3) is 0.900. The standard InChI is InChI=1S/C10H21N3/c1-5-7-13(6-2)9-10(3,8-11)12-4/h12H,5-7,9H2,1-4H3.